The molecule has 0 saturated heterocycles. The predicted molar refractivity (Wildman–Crippen MR) is 121 cm³/mol. The number of carbonyl (C=O) groups is 1. The zero-order valence-electron chi connectivity index (χ0n) is 16.2. The summed E-state index contributed by atoms with van der Waals surface area (Å²) in [5.74, 6) is 0.0908. The molecule has 29 heavy (non-hydrogen) atoms. The third-order valence-electron chi connectivity index (χ3n) is 4.52. The molecular formula is C21H21BrCl2N4O. The number of pyridine rings is 1. The number of nitrogens with one attached hydrogen (secondary N) is 1. The number of carbonyl (C=O) groups excluding carboxylic acids is 1. The van der Waals surface area contributed by atoms with E-state index >= 15 is 0 Å². The van der Waals surface area contributed by atoms with Crippen molar-refractivity contribution in [3.8, 4) is 5.82 Å². The van der Waals surface area contributed by atoms with Gasteiger partial charge < -0.3 is 5.32 Å². The summed E-state index contributed by atoms with van der Waals surface area (Å²) in [6.07, 6.45) is 5.73. The maximum Gasteiger partial charge on any atom is 0.274 e. The number of hydrogen-bond acceptors (Lipinski definition) is 3. The van der Waals surface area contributed by atoms with Gasteiger partial charge in [-0.05, 0) is 71.1 Å². The summed E-state index contributed by atoms with van der Waals surface area (Å²) < 4.78 is 1.95. The van der Waals surface area contributed by atoms with Crippen LogP contribution in [-0.4, -0.2) is 20.7 Å². The average molecular weight is 496 g/mol. The van der Waals surface area contributed by atoms with Gasteiger partial charge in [0.1, 0.15) is 10.3 Å². The second-order valence-corrected chi connectivity index (χ2v) is 8.40. The molecule has 0 spiro atoms. The van der Waals surface area contributed by atoms with Crippen LogP contribution in [0.2, 0.25) is 10.0 Å². The summed E-state index contributed by atoms with van der Waals surface area (Å²) >= 11 is 15.9. The summed E-state index contributed by atoms with van der Waals surface area (Å²) in [5, 5.41) is 8.44. The number of nitrogens with zero attached hydrogens (tertiary/aromatic N) is 3. The van der Waals surface area contributed by atoms with Gasteiger partial charge in [0.25, 0.3) is 5.91 Å². The Balaban J connectivity index is 1.95. The van der Waals surface area contributed by atoms with Crippen LogP contribution in [0.15, 0.2) is 41.1 Å². The van der Waals surface area contributed by atoms with E-state index in [2.05, 4.69) is 38.3 Å². The number of anilines is 1. The van der Waals surface area contributed by atoms with Gasteiger partial charge in [-0.3, -0.25) is 4.79 Å². The summed E-state index contributed by atoms with van der Waals surface area (Å²) in [4.78, 5) is 17.4. The second-order valence-electron chi connectivity index (χ2n) is 6.74. The molecular weight excluding hydrogens is 475 g/mol. The van der Waals surface area contributed by atoms with Gasteiger partial charge in [-0.1, -0.05) is 43.0 Å². The molecule has 152 valence electrons. The van der Waals surface area contributed by atoms with E-state index in [-0.39, 0.29) is 5.91 Å². The molecule has 0 fully saturated rings. The van der Waals surface area contributed by atoms with E-state index in [4.69, 9.17) is 23.2 Å². The largest absolute Gasteiger partial charge is 0.320 e. The predicted octanol–water partition coefficient (Wildman–Crippen LogP) is 6.63. The molecule has 2 heterocycles. The van der Waals surface area contributed by atoms with Gasteiger partial charge in [-0.2, -0.15) is 5.10 Å². The average Bonchev–Trinajstić information content (AvgIpc) is 3.06. The van der Waals surface area contributed by atoms with E-state index in [1.165, 1.54) is 4.68 Å². The van der Waals surface area contributed by atoms with Crippen LogP contribution in [0.4, 0.5) is 5.69 Å². The first-order valence-corrected chi connectivity index (χ1v) is 10.9. The molecule has 0 saturated carbocycles. The standard InChI is InChI=1S/C21H21BrCl2N4O/c1-3-4-5-7-14-11-15(23)10-13(2)19(14)26-21(29)17-12-18(22)27-28(17)20-16(24)8-6-9-25-20/h6,8-12H,3-5,7H2,1-2H3,(H,26,29). The lowest BCUT2D eigenvalue weighted by Gasteiger charge is -2.15. The van der Waals surface area contributed by atoms with Crippen molar-refractivity contribution in [1.82, 2.24) is 14.8 Å². The first-order chi connectivity index (χ1) is 13.9. The monoisotopic (exact) mass is 494 g/mol. The van der Waals surface area contributed by atoms with Gasteiger partial charge in [0.15, 0.2) is 5.82 Å². The number of hydrogen-bond donors (Lipinski definition) is 1. The number of halogens is 3. The van der Waals surface area contributed by atoms with Crippen molar-refractivity contribution in [2.75, 3.05) is 5.32 Å². The first-order valence-electron chi connectivity index (χ1n) is 9.37. The van der Waals surface area contributed by atoms with Crippen LogP contribution in [0, 0.1) is 6.92 Å². The molecule has 8 heteroatoms. The zero-order valence-corrected chi connectivity index (χ0v) is 19.3. The van der Waals surface area contributed by atoms with E-state index in [0.717, 1.165) is 42.5 Å². The van der Waals surface area contributed by atoms with Crippen molar-refractivity contribution in [1.29, 1.82) is 0 Å². The van der Waals surface area contributed by atoms with E-state index in [1.54, 1.807) is 24.4 Å². The minimum Gasteiger partial charge on any atom is -0.320 e. The van der Waals surface area contributed by atoms with Crippen molar-refractivity contribution in [2.24, 2.45) is 0 Å². The van der Waals surface area contributed by atoms with Gasteiger partial charge in [-0.15, -0.1) is 0 Å². The van der Waals surface area contributed by atoms with E-state index in [0.29, 0.717) is 26.2 Å². The summed E-state index contributed by atoms with van der Waals surface area (Å²) in [7, 11) is 0. The van der Waals surface area contributed by atoms with Crippen LogP contribution >= 0.6 is 39.1 Å². The van der Waals surface area contributed by atoms with Crippen molar-refractivity contribution >= 4 is 50.7 Å². The molecule has 5 nitrogen and oxygen atoms in total. The zero-order chi connectivity index (χ0) is 21.0. The van der Waals surface area contributed by atoms with Crippen molar-refractivity contribution in [2.45, 2.75) is 39.5 Å². The Morgan fingerprint density at radius 1 is 1.24 bits per heavy atom. The number of amides is 1. The van der Waals surface area contributed by atoms with Crippen LogP contribution in [-0.2, 0) is 6.42 Å². The minimum atomic E-state index is -0.299. The van der Waals surface area contributed by atoms with Crippen molar-refractivity contribution in [3.63, 3.8) is 0 Å². The van der Waals surface area contributed by atoms with Crippen molar-refractivity contribution in [3.05, 3.63) is 68.0 Å². The number of aromatic nitrogens is 3. The van der Waals surface area contributed by atoms with Crippen LogP contribution in [0.5, 0.6) is 0 Å². The van der Waals surface area contributed by atoms with Crippen LogP contribution in [0.25, 0.3) is 5.82 Å². The quantitative estimate of drug-likeness (QED) is 0.374. The highest BCUT2D eigenvalue weighted by atomic mass is 79.9. The molecule has 0 aliphatic heterocycles. The maximum absolute atomic E-state index is 13.2. The van der Waals surface area contributed by atoms with Gasteiger partial charge >= 0.3 is 0 Å². The van der Waals surface area contributed by atoms with Gasteiger partial charge in [0.05, 0.1) is 5.02 Å². The third-order valence-corrected chi connectivity index (χ3v) is 5.42. The number of aryl methyl sites for hydroxylation is 2. The van der Waals surface area contributed by atoms with Crippen LogP contribution < -0.4 is 5.32 Å². The third kappa shape index (κ3) is 5.18. The molecule has 1 N–H and O–H groups in total. The lowest BCUT2D eigenvalue weighted by atomic mass is 10.0. The molecule has 3 rings (SSSR count). The Bertz CT molecular complexity index is 1040. The molecule has 0 aliphatic carbocycles. The number of unbranched alkanes of at least 4 members (excludes halogenated alkanes) is 2. The second kappa shape index (κ2) is 9.74. The Kier molecular flexibility index (Phi) is 7.33. The lowest BCUT2D eigenvalue weighted by molar-refractivity contribution is 0.101. The van der Waals surface area contributed by atoms with Crippen molar-refractivity contribution < 1.29 is 4.79 Å². The van der Waals surface area contributed by atoms with Gasteiger partial charge in [0.2, 0.25) is 0 Å². The van der Waals surface area contributed by atoms with Crippen LogP contribution in [0.3, 0.4) is 0 Å². The molecule has 0 aliphatic rings. The van der Waals surface area contributed by atoms with Gasteiger partial charge in [0, 0.05) is 23.0 Å². The number of benzene rings is 1. The summed E-state index contributed by atoms with van der Waals surface area (Å²) in [6, 6.07) is 8.84. The van der Waals surface area contributed by atoms with E-state index < -0.39 is 0 Å². The highest BCUT2D eigenvalue weighted by Gasteiger charge is 2.20. The fourth-order valence-electron chi connectivity index (χ4n) is 3.14. The molecule has 2 aromatic heterocycles. The fourth-order valence-corrected chi connectivity index (χ4v) is 4.01. The summed E-state index contributed by atoms with van der Waals surface area (Å²) in [5.41, 5.74) is 3.05. The Hall–Kier alpha value is -1.89. The number of rotatable bonds is 7. The smallest absolute Gasteiger partial charge is 0.274 e. The van der Waals surface area contributed by atoms with Crippen LogP contribution in [0.1, 0.15) is 47.8 Å². The Labute approximate surface area is 188 Å². The highest BCUT2D eigenvalue weighted by molar-refractivity contribution is 9.10. The molecule has 1 aromatic carbocycles. The van der Waals surface area contributed by atoms with E-state index in [9.17, 15) is 4.79 Å². The maximum atomic E-state index is 13.2. The highest BCUT2D eigenvalue weighted by Crippen LogP contribution is 2.29. The van der Waals surface area contributed by atoms with Gasteiger partial charge in [-0.25, -0.2) is 9.67 Å². The Morgan fingerprint density at radius 3 is 2.76 bits per heavy atom. The molecule has 0 atom stereocenters. The minimum absolute atomic E-state index is 0.299. The normalized spacial score (nSPS) is 10.9. The molecule has 0 radical (unpaired) electrons. The molecule has 0 bridgehead atoms. The first kappa shape index (κ1) is 21.8. The Morgan fingerprint density at radius 2 is 2.03 bits per heavy atom. The SMILES string of the molecule is CCCCCc1cc(Cl)cc(C)c1NC(=O)c1cc(Br)nn1-c1ncccc1Cl. The molecule has 0 unspecified atom stereocenters. The topological polar surface area (TPSA) is 59.8 Å². The molecule has 1 amide bonds. The van der Waals surface area contributed by atoms with E-state index in [1.807, 2.05) is 19.1 Å². The fraction of sp³-hybridized carbons (Fsp3) is 0.286. The lowest BCUT2D eigenvalue weighted by Crippen LogP contribution is -2.19. The summed E-state index contributed by atoms with van der Waals surface area (Å²) in [6.45, 7) is 4.10. The molecule has 3 aromatic rings.